The Morgan fingerprint density at radius 2 is 1.73 bits per heavy atom. The third-order valence-corrected chi connectivity index (χ3v) is 4.58. The second-order valence-electron chi connectivity index (χ2n) is 6.42. The van der Waals surface area contributed by atoms with Crippen LogP contribution in [0.15, 0.2) is 83.6 Å². The van der Waals surface area contributed by atoms with E-state index >= 15 is 0 Å². The zero-order valence-electron chi connectivity index (χ0n) is 16.0. The number of aromatic nitrogens is 6. The number of para-hydroxylation sites is 1. The van der Waals surface area contributed by atoms with E-state index in [2.05, 4.69) is 25.4 Å². The Kier molecular flexibility index (Phi) is 4.49. The highest BCUT2D eigenvalue weighted by Gasteiger charge is 2.22. The number of hydrogen-bond acceptors (Lipinski definition) is 7. The van der Waals surface area contributed by atoms with E-state index in [1.165, 1.54) is 0 Å². The minimum Gasteiger partial charge on any atom is -0.497 e. The highest BCUT2D eigenvalue weighted by Crippen LogP contribution is 2.32. The largest absolute Gasteiger partial charge is 0.497 e. The lowest BCUT2D eigenvalue weighted by molar-refractivity contribution is 0.413. The number of ether oxygens (including phenoxy) is 1. The van der Waals surface area contributed by atoms with Gasteiger partial charge >= 0.3 is 0 Å². The van der Waals surface area contributed by atoms with Crippen LogP contribution >= 0.6 is 0 Å². The fourth-order valence-electron chi connectivity index (χ4n) is 3.14. The second kappa shape index (κ2) is 7.59. The van der Waals surface area contributed by atoms with Crippen molar-refractivity contribution < 1.29 is 9.26 Å². The molecule has 0 aliphatic heterocycles. The Hall–Kier alpha value is -4.33. The van der Waals surface area contributed by atoms with Crippen molar-refractivity contribution in [2.24, 2.45) is 0 Å². The van der Waals surface area contributed by atoms with Gasteiger partial charge in [0, 0.05) is 23.5 Å². The quantitative estimate of drug-likeness (QED) is 0.442. The van der Waals surface area contributed by atoms with E-state index in [0.717, 1.165) is 22.5 Å². The van der Waals surface area contributed by atoms with Gasteiger partial charge in [-0.15, -0.1) is 5.10 Å². The fraction of sp³-hybridized carbons (Fsp3) is 0.0455. The third-order valence-electron chi connectivity index (χ3n) is 4.58. The molecule has 0 unspecified atom stereocenters. The molecule has 8 heteroatoms. The third kappa shape index (κ3) is 3.20. The van der Waals surface area contributed by atoms with Gasteiger partial charge in [0.1, 0.15) is 11.4 Å². The first kappa shape index (κ1) is 17.7. The Morgan fingerprint density at radius 1 is 0.900 bits per heavy atom. The van der Waals surface area contributed by atoms with Crippen molar-refractivity contribution in [2.75, 3.05) is 7.11 Å². The molecule has 2 aromatic carbocycles. The number of rotatable bonds is 5. The molecule has 5 rings (SSSR count). The summed E-state index contributed by atoms with van der Waals surface area (Å²) in [7, 11) is 1.61. The van der Waals surface area contributed by atoms with Crippen LogP contribution in [0.2, 0.25) is 0 Å². The zero-order valence-corrected chi connectivity index (χ0v) is 16.0. The molecule has 0 spiro atoms. The predicted molar refractivity (Wildman–Crippen MR) is 110 cm³/mol. The number of benzene rings is 2. The summed E-state index contributed by atoms with van der Waals surface area (Å²) >= 11 is 0. The monoisotopic (exact) mass is 396 g/mol. The first-order chi connectivity index (χ1) is 14.8. The molecule has 146 valence electrons. The number of methoxy groups -OCH3 is 1. The van der Waals surface area contributed by atoms with Gasteiger partial charge in [-0.05, 0) is 42.5 Å². The smallest absolute Gasteiger partial charge is 0.258 e. The topological polar surface area (TPSA) is 91.8 Å². The molecule has 0 bridgehead atoms. The first-order valence-electron chi connectivity index (χ1n) is 9.23. The Morgan fingerprint density at radius 3 is 2.53 bits per heavy atom. The van der Waals surface area contributed by atoms with Crippen LogP contribution in [0.3, 0.4) is 0 Å². The van der Waals surface area contributed by atoms with Gasteiger partial charge in [0.2, 0.25) is 5.82 Å². The van der Waals surface area contributed by atoms with Crippen LogP contribution in [-0.4, -0.2) is 37.2 Å². The van der Waals surface area contributed by atoms with E-state index in [1.54, 1.807) is 24.2 Å². The Labute approximate surface area is 171 Å². The molecule has 0 aliphatic rings. The van der Waals surface area contributed by atoms with Crippen LogP contribution < -0.4 is 4.74 Å². The molecule has 0 saturated carbocycles. The number of pyridine rings is 1. The fourth-order valence-corrected chi connectivity index (χ4v) is 3.14. The molecule has 5 aromatic rings. The van der Waals surface area contributed by atoms with Crippen molar-refractivity contribution in [1.29, 1.82) is 0 Å². The number of hydrogen-bond donors (Lipinski definition) is 0. The maximum Gasteiger partial charge on any atom is 0.258 e. The van der Waals surface area contributed by atoms with Crippen LogP contribution in [-0.2, 0) is 0 Å². The molecule has 0 amide bonds. The van der Waals surface area contributed by atoms with Crippen molar-refractivity contribution in [1.82, 2.24) is 30.1 Å². The van der Waals surface area contributed by atoms with Gasteiger partial charge < -0.3 is 9.26 Å². The van der Waals surface area contributed by atoms with Gasteiger partial charge in [-0.2, -0.15) is 4.98 Å². The Balaban J connectivity index is 1.64. The highest BCUT2D eigenvalue weighted by molar-refractivity contribution is 5.76. The van der Waals surface area contributed by atoms with Crippen LogP contribution in [0.5, 0.6) is 5.75 Å². The lowest BCUT2D eigenvalue weighted by atomic mass is 10.1. The van der Waals surface area contributed by atoms with Gasteiger partial charge in [0.25, 0.3) is 5.89 Å². The predicted octanol–water partition coefficient (Wildman–Crippen LogP) is 4.05. The van der Waals surface area contributed by atoms with Crippen LogP contribution in [0.4, 0.5) is 0 Å². The van der Waals surface area contributed by atoms with Crippen molar-refractivity contribution in [3.05, 3.63) is 79.1 Å². The van der Waals surface area contributed by atoms with Crippen molar-refractivity contribution in [3.8, 4) is 45.7 Å². The van der Waals surface area contributed by atoms with Gasteiger partial charge in [-0.1, -0.05) is 34.6 Å². The first-order valence-corrected chi connectivity index (χ1v) is 9.23. The van der Waals surface area contributed by atoms with E-state index in [4.69, 9.17) is 9.26 Å². The minimum atomic E-state index is 0.349. The maximum absolute atomic E-state index is 5.50. The van der Waals surface area contributed by atoms with Crippen LogP contribution in [0, 0.1) is 0 Å². The molecule has 0 atom stereocenters. The van der Waals surface area contributed by atoms with Gasteiger partial charge in [-0.3, -0.25) is 4.98 Å². The molecule has 3 aromatic heterocycles. The molecular formula is C22H16N6O2. The maximum atomic E-state index is 5.50. The molecule has 0 fully saturated rings. The lowest BCUT2D eigenvalue weighted by Crippen LogP contribution is -1.99. The number of nitrogens with zero attached hydrogens (tertiary/aromatic N) is 6. The van der Waals surface area contributed by atoms with Crippen molar-refractivity contribution in [3.63, 3.8) is 0 Å². The van der Waals surface area contributed by atoms with E-state index in [0.29, 0.717) is 23.2 Å². The van der Waals surface area contributed by atoms with Gasteiger partial charge in [0.15, 0.2) is 5.69 Å². The van der Waals surface area contributed by atoms with Crippen molar-refractivity contribution >= 4 is 0 Å². The highest BCUT2D eigenvalue weighted by atomic mass is 16.5. The SMILES string of the molecule is COc1cccc(-c2nc(-c3nnn(-c4ccccc4)c3-c3ccncc3)no2)c1. The van der Waals surface area contributed by atoms with Gasteiger partial charge in [0.05, 0.1) is 12.8 Å². The lowest BCUT2D eigenvalue weighted by Gasteiger charge is -2.07. The van der Waals surface area contributed by atoms with E-state index in [-0.39, 0.29) is 0 Å². The summed E-state index contributed by atoms with van der Waals surface area (Å²) in [6, 6.07) is 21.0. The molecule has 8 nitrogen and oxygen atoms in total. The Bertz CT molecular complexity index is 1280. The van der Waals surface area contributed by atoms with E-state index < -0.39 is 0 Å². The van der Waals surface area contributed by atoms with Crippen LogP contribution in [0.1, 0.15) is 0 Å². The average Bonchev–Trinajstić information content (AvgIpc) is 3.48. The summed E-state index contributed by atoms with van der Waals surface area (Å²) in [6.07, 6.45) is 3.44. The minimum absolute atomic E-state index is 0.349. The normalized spacial score (nSPS) is 10.8. The standard InChI is InChI=1S/C22H16N6O2/c1-29-18-9-5-6-16(14-18)22-24-21(26-30-22)19-20(15-10-12-23-13-11-15)28(27-25-19)17-7-3-2-4-8-17/h2-14H,1H3. The molecule has 0 N–H and O–H groups in total. The summed E-state index contributed by atoms with van der Waals surface area (Å²) in [5, 5.41) is 12.9. The average molecular weight is 396 g/mol. The van der Waals surface area contributed by atoms with E-state index in [1.807, 2.05) is 66.7 Å². The molecule has 0 saturated heterocycles. The molecule has 30 heavy (non-hydrogen) atoms. The summed E-state index contributed by atoms with van der Waals surface area (Å²) < 4.78 is 12.5. The van der Waals surface area contributed by atoms with E-state index in [9.17, 15) is 0 Å². The molecular weight excluding hydrogens is 380 g/mol. The molecule has 0 aliphatic carbocycles. The summed E-state index contributed by atoms with van der Waals surface area (Å²) in [5.74, 6) is 1.43. The van der Waals surface area contributed by atoms with Gasteiger partial charge in [-0.25, -0.2) is 4.68 Å². The van der Waals surface area contributed by atoms with Crippen molar-refractivity contribution in [2.45, 2.75) is 0 Å². The summed E-state index contributed by atoms with van der Waals surface area (Å²) in [4.78, 5) is 8.66. The second-order valence-corrected chi connectivity index (χ2v) is 6.42. The summed E-state index contributed by atoms with van der Waals surface area (Å²) in [6.45, 7) is 0. The summed E-state index contributed by atoms with van der Waals surface area (Å²) in [5.41, 5.74) is 3.79. The molecule has 0 radical (unpaired) electrons. The van der Waals surface area contributed by atoms with Crippen LogP contribution in [0.25, 0.3) is 39.9 Å². The molecule has 3 heterocycles. The zero-order chi connectivity index (χ0) is 20.3.